The fraction of sp³-hybridized carbons (Fsp3) is 0.400. The predicted octanol–water partition coefficient (Wildman–Crippen LogP) is 2.64. The summed E-state index contributed by atoms with van der Waals surface area (Å²) in [4.78, 5) is 0. The molecule has 21 heavy (non-hydrogen) atoms. The minimum absolute atomic E-state index is 0.225. The zero-order valence-electron chi connectivity index (χ0n) is 12.0. The zero-order valence-corrected chi connectivity index (χ0v) is 12.7. The van der Waals surface area contributed by atoms with Crippen LogP contribution in [0.4, 0.5) is 0 Å². The molecule has 2 aromatic rings. The highest BCUT2D eigenvalue weighted by Crippen LogP contribution is 2.35. The lowest BCUT2D eigenvalue weighted by atomic mass is 10.0. The van der Waals surface area contributed by atoms with E-state index in [9.17, 15) is 5.11 Å². The first-order chi connectivity index (χ1) is 10.1. The van der Waals surface area contributed by atoms with Gasteiger partial charge in [0.1, 0.15) is 0 Å². The molecule has 3 rings (SSSR count). The smallest absolute Gasteiger partial charge is 0.231 e. The summed E-state index contributed by atoms with van der Waals surface area (Å²) >= 11 is 6.32. The predicted molar refractivity (Wildman–Crippen MR) is 78.8 cm³/mol. The third kappa shape index (κ3) is 2.59. The second-order valence-electron chi connectivity index (χ2n) is 5.02. The van der Waals surface area contributed by atoms with Gasteiger partial charge < -0.3 is 14.6 Å². The normalized spacial score (nSPS) is 14.5. The highest BCUT2D eigenvalue weighted by molar-refractivity contribution is 6.31. The van der Waals surface area contributed by atoms with Crippen LogP contribution in [-0.2, 0) is 19.9 Å². The van der Waals surface area contributed by atoms with Crippen LogP contribution in [-0.4, -0.2) is 21.7 Å². The Morgan fingerprint density at radius 2 is 2.14 bits per heavy atom. The number of hydrogen-bond acceptors (Lipinski definition) is 4. The molecular formula is C15H17ClN2O3. The topological polar surface area (TPSA) is 56.5 Å². The molecule has 1 aromatic heterocycles. The van der Waals surface area contributed by atoms with E-state index in [0.29, 0.717) is 22.9 Å². The van der Waals surface area contributed by atoms with Crippen LogP contribution in [0.5, 0.6) is 11.5 Å². The molecule has 0 bridgehead atoms. The van der Waals surface area contributed by atoms with Gasteiger partial charge in [0.05, 0.1) is 22.5 Å². The van der Waals surface area contributed by atoms with E-state index in [-0.39, 0.29) is 6.79 Å². The molecule has 0 radical (unpaired) electrons. The zero-order chi connectivity index (χ0) is 15.0. The van der Waals surface area contributed by atoms with E-state index in [2.05, 4.69) is 5.10 Å². The van der Waals surface area contributed by atoms with Crippen molar-refractivity contribution in [3.8, 4) is 11.5 Å². The molecule has 5 nitrogen and oxygen atoms in total. The maximum Gasteiger partial charge on any atom is 0.231 e. The molecule has 1 aliphatic rings. The lowest BCUT2D eigenvalue weighted by Crippen LogP contribution is -2.07. The van der Waals surface area contributed by atoms with Crippen molar-refractivity contribution in [1.82, 2.24) is 9.78 Å². The third-order valence-electron chi connectivity index (χ3n) is 3.67. The maximum atomic E-state index is 10.4. The fourth-order valence-electron chi connectivity index (χ4n) is 2.46. The van der Waals surface area contributed by atoms with Crippen LogP contribution in [0, 0.1) is 0 Å². The second-order valence-corrected chi connectivity index (χ2v) is 5.40. The molecule has 0 saturated carbocycles. The summed E-state index contributed by atoms with van der Waals surface area (Å²) in [5, 5.41) is 15.4. The summed E-state index contributed by atoms with van der Waals surface area (Å²) in [6.07, 6.45) is 0.506. The maximum absolute atomic E-state index is 10.4. The minimum atomic E-state index is -0.669. The molecule has 112 valence electrons. The molecule has 0 spiro atoms. The van der Waals surface area contributed by atoms with E-state index >= 15 is 0 Å². The van der Waals surface area contributed by atoms with Gasteiger partial charge in [-0.3, -0.25) is 4.68 Å². The van der Waals surface area contributed by atoms with E-state index in [1.165, 1.54) is 0 Å². The Morgan fingerprint density at radius 1 is 1.38 bits per heavy atom. The summed E-state index contributed by atoms with van der Waals surface area (Å²) < 4.78 is 12.3. The van der Waals surface area contributed by atoms with Gasteiger partial charge in [0.15, 0.2) is 11.5 Å². The SMILES string of the molecule is CCc1nn(C)c(CC(O)c2ccc3c(c2)OCO3)c1Cl. The Bertz CT molecular complexity index is 669. The largest absolute Gasteiger partial charge is 0.454 e. The van der Waals surface area contributed by atoms with Crippen molar-refractivity contribution in [3.05, 3.63) is 40.2 Å². The molecule has 1 atom stereocenters. The second kappa shape index (κ2) is 5.58. The van der Waals surface area contributed by atoms with Gasteiger partial charge in [-0.25, -0.2) is 0 Å². The lowest BCUT2D eigenvalue weighted by Gasteiger charge is -2.12. The lowest BCUT2D eigenvalue weighted by molar-refractivity contribution is 0.170. The van der Waals surface area contributed by atoms with Crippen LogP contribution in [0.3, 0.4) is 0 Å². The summed E-state index contributed by atoms with van der Waals surface area (Å²) in [6.45, 7) is 2.23. The summed E-state index contributed by atoms with van der Waals surface area (Å²) in [7, 11) is 1.84. The van der Waals surface area contributed by atoms with Crippen molar-refractivity contribution in [2.45, 2.75) is 25.9 Å². The quantitative estimate of drug-likeness (QED) is 0.943. The molecular weight excluding hydrogens is 292 g/mol. The number of aliphatic hydroxyl groups is 1. The van der Waals surface area contributed by atoms with Gasteiger partial charge in [-0.1, -0.05) is 24.6 Å². The van der Waals surface area contributed by atoms with Gasteiger partial charge >= 0.3 is 0 Å². The number of hydrogen-bond donors (Lipinski definition) is 1. The van der Waals surface area contributed by atoms with Crippen LogP contribution in [0.25, 0.3) is 0 Å². The molecule has 6 heteroatoms. The van der Waals surface area contributed by atoms with Crippen LogP contribution in [0.15, 0.2) is 18.2 Å². The van der Waals surface area contributed by atoms with Crippen molar-refractivity contribution in [2.24, 2.45) is 7.05 Å². The minimum Gasteiger partial charge on any atom is -0.454 e. The first-order valence-electron chi connectivity index (χ1n) is 6.88. The number of halogens is 1. The van der Waals surface area contributed by atoms with Crippen molar-refractivity contribution >= 4 is 11.6 Å². The molecule has 0 aliphatic carbocycles. The van der Waals surface area contributed by atoms with E-state index < -0.39 is 6.10 Å². The molecule has 1 unspecified atom stereocenters. The van der Waals surface area contributed by atoms with Gasteiger partial charge in [-0.15, -0.1) is 0 Å². The number of aryl methyl sites for hydroxylation is 2. The number of nitrogens with zero attached hydrogens (tertiary/aromatic N) is 2. The Balaban J connectivity index is 1.83. The van der Waals surface area contributed by atoms with Crippen molar-refractivity contribution < 1.29 is 14.6 Å². The average molecular weight is 309 g/mol. The third-order valence-corrected chi connectivity index (χ3v) is 4.11. The van der Waals surface area contributed by atoms with Crippen molar-refractivity contribution in [3.63, 3.8) is 0 Å². The molecule has 0 fully saturated rings. The summed E-state index contributed by atoms with van der Waals surface area (Å²) in [5.74, 6) is 1.37. The van der Waals surface area contributed by atoms with Gasteiger partial charge in [-0.05, 0) is 24.1 Å². The Hall–Kier alpha value is -1.72. The van der Waals surface area contributed by atoms with Crippen molar-refractivity contribution in [1.29, 1.82) is 0 Å². The van der Waals surface area contributed by atoms with Crippen molar-refractivity contribution in [2.75, 3.05) is 6.79 Å². The monoisotopic (exact) mass is 308 g/mol. The molecule has 1 aliphatic heterocycles. The van der Waals surface area contributed by atoms with Crippen LogP contribution in [0.2, 0.25) is 5.02 Å². The van der Waals surface area contributed by atoms with E-state index in [4.69, 9.17) is 21.1 Å². The first kappa shape index (κ1) is 14.2. The Kier molecular flexibility index (Phi) is 3.78. The van der Waals surface area contributed by atoms with Gasteiger partial charge in [0.2, 0.25) is 6.79 Å². The summed E-state index contributed by atoms with van der Waals surface area (Å²) in [6, 6.07) is 5.45. The van der Waals surface area contributed by atoms with Gasteiger partial charge in [0.25, 0.3) is 0 Å². The Labute approximate surface area is 128 Å². The molecule has 2 heterocycles. The first-order valence-corrected chi connectivity index (χ1v) is 7.25. The van der Waals surface area contributed by atoms with Crippen LogP contribution >= 0.6 is 11.6 Å². The van der Waals surface area contributed by atoms with Crippen LogP contribution < -0.4 is 9.47 Å². The number of fused-ring (bicyclic) bond motifs is 1. The van der Waals surface area contributed by atoms with Gasteiger partial charge in [0, 0.05) is 13.5 Å². The van der Waals surface area contributed by atoms with E-state index in [0.717, 1.165) is 23.4 Å². The Morgan fingerprint density at radius 3 is 2.86 bits per heavy atom. The highest BCUT2D eigenvalue weighted by atomic mass is 35.5. The number of ether oxygens (including phenoxy) is 2. The van der Waals surface area contributed by atoms with E-state index in [1.54, 1.807) is 10.7 Å². The fourth-order valence-corrected chi connectivity index (χ4v) is 2.83. The van der Waals surface area contributed by atoms with Gasteiger partial charge in [-0.2, -0.15) is 5.10 Å². The summed E-state index contributed by atoms with van der Waals surface area (Å²) in [5.41, 5.74) is 2.46. The highest BCUT2D eigenvalue weighted by Gasteiger charge is 2.20. The van der Waals surface area contributed by atoms with E-state index in [1.807, 2.05) is 26.1 Å². The molecule has 0 amide bonds. The molecule has 1 N–H and O–H groups in total. The average Bonchev–Trinajstić information content (AvgIpc) is 3.05. The number of benzene rings is 1. The number of rotatable bonds is 4. The standard InChI is InChI=1S/C15H17ClN2O3/c1-3-10-15(16)11(18(2)17-10)7-12(19)9-4-5-13-14(6-9)21-8-20-13/h4-6,12,19H,3,7-8H2,1-2H3. The molecule has 0 saturated heterocycles. The van der Waals surface area contributed by atoms with Crippen LogP contribution in [0.1, 0.15) is 30.0 Å². The number of aromatic nitrogens is 2. The molecule has 1 aromatic carbocycles. The number of aliphatic hydroxyl groups excluding tert-OH is 1.